The Kier molecular flexibility index (Phi) is 8.92. The van der Waals surface area contributed by atoms with E-state index < -0.39 is 34.0 Å². The summed E-state index contributed by atoms with van der Waals surface area (Å²) in [5.74, 6) is -0.558. The summed E-state index contributed by atoms with van der Waals surface area (Å²) in [6.07, 6.45) is 1.31. The van der Waals surface area contributed by atoms with Crippen LogP contribution in [0.3, 0.4) is 0 Å². The number of hydrogen-bond acceptors (Lipinski definition) is 10. The molecule has 2 aromatic carbocycles. The highest BCUT2D eigenvalue weighted by Gasteiger charge is 2.30. The molecule has 1 aliphatic heterocycles. The Morgan fingerprint density at radius 1 is 1.05 bits per heavy atom. The van der Waals surface area contributed by atoms with Crippen LogP contribution in [0.4, 0.5) is 10.7 Å². The fraction of sp³-hybridized carbons (Fsp3) is 0.367. The minimum absolute atomic E-state index is 0.00714. The lowest BCUT2D eigenvalue weighted by Crippen LogP contribution is -2.30. The van der Waals surface area contributed by atoms with Gasteiger partial charge in [-0.2, -0.15) is 0 Å². The van der Waals surface area contributed by atoms with Crippen LogP contribution in [-0.4, -0.2) is 52.2 Å². The van der Waals surface area contributed by atoms with Crippen molar-refractivity contribution in [2.45, 2.75) is 51.0 Å². The number of hydrogen-bond donors (Lipinski definition) is 2. The lowest BCUT2D eigenvalue weighted by atomic mass is 9.88. The Hall–Kier alpha value is -4.10. The number of amides is 1. The van der Waals surface area contributed by atoms with Crippen molar-refractivity contribution in [1.82, 2.24) is 0 Å². The minimum atomic E-state index is -3.94. The highest BCUT2D eigenvalue weighted by Crippen LogP contribution is 2.40. The molecule has 2 aliphatic rings. The molecule has 0 bridgehead atoms. The monoisotopic (exact) mass is 628 g/mol. The lowest BCUT2D eigenvalue weighted by Gasteiger charge is -2.19. The second-order valence-corrected chi connectivity index (χ2v) is 13.1. The topological polar surface area (TPSA) is 146 Å². The van der Waals surface area contributed by atoms with Crippen molar-refractivity contribution in [3.05, 3.63) is 64.0 Å². The van der Waals surface area contributed by atoms with E-state index >= 15 is 0 Å². The van der Waals surface area contributed by atoms with Gasteiger partial charge >= 0.3 is 11.9 Å². The van der Waals surface area contributed by atoms with Crippen LogP contribution in [0.25, 0.3) is 0 Å². The first kappa shape index (κ1) is 30.4. The number of sulfonamides is 1. The van der Waals surface area contributed by atoms with E-state index in [-0.39, 0.29) is 22.8 Å². The third-order valence-corrected chi connectivity index (χ3v) is 9.63. The predicted molar refractivity (Wildman–Crippen MR) is 160 cm³/mol. The maximum absolute atomic E-state index is 13.0. The third kappa shape index (κ3) is 6.78. The van der Waals surface area contributed by atoms with E-state index in [0.717, 1.165) is 29.7 Å². The zero-order valence-electron chi connectivity index (χ0n) is 23.9. The van der Waals surface area contributed by atoms with Gasteiger partial charge in [-0.3, -0.25) is 9.52 Å². The Morgan fingerprint density at radius 2 is 1.77 bits per heavy atom. The molecule has 0 spiro atoms. The summed E-state index contributed by atoms with van der Waals surface area (Å²) in [5.41, 5.74) is 1.62. The van der Waals surface area contributed by atoms with Crippen molar-refractivity contribution in [2.75, 3.05) is 29.9 Å². The Morgan fingerprint density at radius 3 is 2.49 bits per heavy atom. The third-order valence-electron chi connectivity index (χ3n) is 7.08. The van der Waals surface area contributed by atoms with Crippen LogP contribution in [0.2, 0.25) is 0 Å². The highest BCUT2D eigenvalue weighted by molar-refractivity contribution is 7.92. The maximum Gasteiger partial charge on any atom is 0.341 e. The van der Waals surface area contributed by atoms with Crippen LogP contribution in [-0.2, 0) is 37.1 Å². The number of carbonyl (C=O) groups is 3. The smallest absolute Gasteiger partial charge is 0.341 e. The standard InChI is InChI=1S/C30H32N2O9S2/c1-4-38-30(35)26-22-11-5-17(2)15-25(22)42-28(26)31-27(33)18(3)41-29(34)19-6-8-20(9-7-19)32-43(36,37)21-10-12-23-24(16-21)40-14-13-39-23/h6-10,12,16-18,32H,4-5,11,13-15H2,1-3H3,(H,31,33)/t17-,18-/m1/s1. The number of nitrogens with one attached hydrogen (secondary N) is 2. The van der Waals surface area contributed by atoms with Gasteiger partial charge in [0.15, 0.2) is 17.6 Å². The van der Waals surface area contributed by atoms with Gasteiger partial charge in [-0.15, -0.1) is 11.3 Å². The number of benzene rings is 2. The summed E-state index contributed by atoms with van der Waals surface area (Å²) in [6, 6.07) is 9.94. The van der Waals surface area contributed by atoms with Gasteiger partial charge in [0.2, 0.25) is 0 Å². The van der Waals surface area contributed by atoms with Gasteiger partial charge in [0.1, 0.15) is 18.2 Å². The van der Waals surface area contributed by atoms with E-state index in [4.69, 9.17) is 18.9 Å². The van der Waals surface area contributed by atoms with E-state index in [1.165, 1.54) is 60.7 Å². The number of rotatable bonds is 9. The zero-order chi connectivity index (χ0) is 30.7. The molecule has 2 N–H and O–H groups in total. The zero-order valence-corrected chi connectivity index (χ0v) is 25.6. The van der Waals surface area contributed by atoms with Gasteiger partial charge < -0.3 is 24.3 Å². The molecule has 0 unspecified atom stereocenters. The summed E-state index contributed by atoms with van der Waals surface area (Å²) in [6.45, 7) is 6.23. The summed E-state index contributed by atoms with van der Waals surface area (Å²) in [4.78, 5) is 39.6. The van der Waals surface area contributed by atoms with Crippen LogP contribution in [0.5, 0.6) is 11.5 Å². The number of carbonyl (C=O) groups excluding carboxylic acids is 3. The fourth-order valence-corrected chi connectivity index (χ4v) is 7.31. The van der Waals surface area contributed by atoms with E-state index in [2.05, 4.69) is 17.0 Å². The van der Waals surface area contributed by atoms with E-state index in [1.807, 2.05) is 0 Å². The second kappa shape index (κ2) is 12.6. The molecule has 5 rings (SSSR count). The molecule has 0 saturated carbocycles. The molecule has 2 atom stereocenters. The fourth-order valence-electron chi connectivity index (χ4n) is 4.83. The van der Waals surface area contributed by atoms with Crippen molar-refractivity contribution < 1.29 is 41.7 Å². The minimum Gasteiger partial charge on any atom is -0.486 e. The lowest BCUT2D eigenvalue weighted by molar-refractivity contribution is -0.123. The van der Waals surface area contributed by atoms with Crippen LogP contribution < -0.4 is 19.5 Å². The number of thiophene rings is 1. The number of ether oxygens (including phenoxy) is 4. The number of esters is 2. The van der Waals surface area contributed by atoms with Crippen molar-refractivity contribution in [3.63, 3.8) is 0 Å². The molecule has 13 heteroatoms. The molecule has 1 aromatic heterocycles. The molecule has 0 radical (unpaired) electrons. The normalized spacial score (nSPS) is 16.4. The maximum atomic E-state index is 13.0. The molecular formula is C30H32N2O9S2. The second-order valence-electron chi connectivity index (χ2n) is 10.3. The molecule has 11 nitrogen and oxygen atoms in total. The van der Waals surface area contributed by atoms with Crippen LogP contribution in [0.15, 0.2) is 47.4 Å². The molecular weight excluding hydrogens is 596 g/mol. The summed E-state index contributed by atoms with van der Waals surface area (Å²) in [7, 11) is -3.94. The number of fused-ring (bicyclic) bond motifs is 2. The van der Waals surface area contributed by atoms with Gasteiger partial charge in [0, 0.05) is 16.6 Å². The van der Waals surface area contributed by atoms with Gasteiger partial charge in [0.05, 0.1) is 22.6 Å². The molecule has 3 aromatic rings. The summed E-state index contributed by atoms with van der Waals surface area (Å²) < 4.78 is 49.8. The molecule has 1 amide bonds. The quantitative estimate of drug-likeness (QED) is 0.319. The summed E-state index contributed by atoms with van der Waals surface area (Å²) in [5, 5.41) is 3.14. The van der Waals surface area contributed by atoms with Gasteiger partial charge in [-0.25, -0.2) is 18.0 Å². The van der Waals surface area contributed by atoms with Crippen molar-refractivity contribution in [3.8, 4) is 11.5 Å². The Bertz CT molecular complexity index is 1650. The van der Waals surface area contributed by atoms with Crippen LogP contribution in [0, 0.1) is 5.92 Å². The predicted octanol–water partition coefficient (Wildman–Crippen LogP) is 4.81. The van der Waals surface area contributed by atoms with Crippen molar-refractivity contribution >= 4 is 49.9 Å². The van der Waals surface area contributed by atoms with Crippen LogP contribution in [0.1, 0.15) is 58.3 Å². The van der Waals surface area contributed by atoms with E-state index in [0.29, 0.717) is 41.2 Å². The molecule has 228 valence electrons. The van der Waals surface area contributed by atoms with Crippen molar-refractivity contribution in [2.24, 2.45) is 5.92 Å². The Balaban J connectivity index is 1.22. The van der Waals surface area contributed by atoms with E-state index in [9.17, 15) is 22.8 Å². The molecule has 2 heterocycles. The van der Waals surface area contributed by atoms with Gasteiger partial charge in [-0.05, 0) is 81.0 Å². The van der Waals surface area contributed by atoms with Gasteiger partial charge in [0.25, 0.3) is 15.9 Å². The average molecular weight is 629 g/mol. The largest absolute Gasteiger partial charge is 0.486 e. The first-order valence-corrected chi connectivity index (χ1v) is 16.2. The molecule has 0 saturated heterocycles. The first-order chi connectivity index (χ1) is 20.6. The van der Waals surface area contributed by atoms with E-state index in [1.54, 1.807) is 6.92 Å². The average Bonchev–Trinajstić information content (AvgIpc) is 3.33. The highest BCUT2D eigenvalue weighted by atomic mass is 32.2. The summed E-state index contributed by atoms with van der Waals surface area (Å²) >= 11 is 1.35. The SMILES string of the molecule is CCOC(=O)c1c(NC(=O)[C@@H](C)OC(=O)c2ccc(NS(=O)(=O)c3ccc4c(c3)OCCO4)cc2)sc2c1CC[C@@H](C)C2. The molecule has 43 heavy (non-hydrogen) atoms. The Labute approximate surface area is 253 Å². The molecule has 1 aliphatic carbocycles. The molecule has 0 fully saturated rings. The number of anilines is 2. The van der Waals surface area contributed by atoms with Gasteiger partial charge in [-0.1, -0.05) is 6.92 Å². The first-order valence-electron chi connectivity index (χ1n) is 13.9. The van der Waals surface area contributed by atoms with Crippen molar-refractivity contribution in [1.29, 1.82) is 0 Å². The van der Waals surface area contributed by atoms with Crippen LogP contribution >= 0.6 is 11.3 Å².